The van der Waals surface area contributed by atoms with Gasteiger partial charge >= 0.3 is 0 Å². The molecule has 0 spiro atoms. The van der Waals surface area contributed by atoms with Gasteiger partial charge in [0.15, 0.2) is 0 Å². The molecule has 1 aromatic heterocycles. The third kappa shape index (κ3) is 3.57. The van der Waals surface area contributed by atoms with Crippen LogP contribution in [0.5, 0.6) is 0 Å². The molecule has 2 rings (SSSR count). The predicted molar refractivity (Wildman–Crippen MR) is 69.5 cm³/mol. The molecule has 3 nitrogen and oxygen atoms in total. The molecule has 1 heterocycles. The Morgan fingerprint density at radius 3 is 2.74 bits per heavy atom. The largest absolute Gasteiger partial charge is 0.348 e. The smallest absolute Gasteiger partial charge is 0.253 e. The Kier molecular flexibility index (Phi) is 4.21. The van der Waals surface area contributed by atoms with Crippen molar-refractivity contribution in [2.45, 2.75) is 6.54 Å². The van der Waals surface area contributed by atoms with Crippen molar-refractivity contribution in [3.63, 3.8) is 0 Å². The molecule has 0 fully saturated rings. The first-order chi connectivity index (χ1) is 9.06. The predicted octanol–water partition coefficient (Wildman–Crippen LogP) is 3.05. The van der Waals surface area contributed by atoms with Crippen molar-refractivity contribution in [2.75, 3.05) is 0 Å². The van der Waals surface area contributed by atoms with Crippen LogP contribution in [-0.2, 0) is 6.54 Å². The molecule has 98 valence electrons. The fraction of sp³-hybridized carbons (Fsp3) is 0.0769. The van der Waals surface area contributed by atoms with Crippen LogP contribution in [0.4, 0.5) is 8.78 Å². The topological polar surface area (TPSA) is 42.0 Å². The number of pyridine rings is 1. The van der Waals surface area contributed by atoms with Crippen LogP contribution in [0.2, 0.25) is 0 Å². The Morgan fingerprint density at radius 1 is 1.26 bits per heavy atom. The molecular formula is C13H9BrF2N2O. The number of hydrogen-bond acceptors (Lipinski definition) is 2. The fourth-order valence-electron chi connectivity index (χ4n) is 1.47. The van der Waals surface area contributed by atoms with E-state index in [2.05, 4.69) is 26.2 Å². The summed E-state index contributed by atoms with van der Waals surface area (Å²) in [6.45, 7) is 0.161. The summed E-state index contributed by atoms with van der Waals surface area (Å²) in [6, 6.07) is 6.65. The van der Waals surface area contributed by atoms with Crippen LogP contribution in [-0.4, -0.2) is 10.9 Å². The second-order valence-electron chi connectivity index (χ2n) is 3.79. The van der Waals surface area contributed by atoms with E-state index in [0.717, 1.165) is 12.3 Å². The average molecular weight is 327 g/mol. The number of amides is 1. The van der Waals surface area contributed by atoms with Gasteiger partial charge in [-0.25, -0.2) is 9.37 Å². The van der Waals surface area contributed by atoms with E-state index >= 15 is 0 Å². The molecule has 2 aromatic rings. The fourth-order valence-corrected chi connectivity index (χ4v) is 1.85. The molecule has 1 aromatic carbocycles. The SMILES string of the molecule is O=C(NCc1cc(F)ccc1Br)c1ccc(F)nc1. The number of benzene rings is 1. The minimum absolute atomic E-state index is 0.161. The minimum atomic E-state index is -0.649. The number of carbonyl (C=O) groups is 1. The molecule has 0 radical (unpaired) electrons. The van der Waals surface area contributed by atoms with Crippen LogP contribution in [0.1, 0.15) is 15.9 Å². The molecule has 19 heavy (non-hydrogen) atoms. The molecule has 0 aliphatic carbocycles. The van der Waals surface area contributed by atoms with Crippen molar-refractivity contribution < 1.29 is 13.6 Å². The highest BCUT2D eigenvalue weighted by atomic mass is 79.9. The molecule has 0 saturated heterocycles. The number of halogens is 3. The van der Waals surface area contributed by atoms with E-state index in [1.807, 2.05) is 0 Å². The standard InChI is InChI=1S/C13H9BrF2N2O/c14-11-3-2-10(15)5-9(11)7-18-13(19)8-1-4-12(16)17-6-8/h1-6H,7H2,(H,18,19). The van der Waals surface area contributed by atoms with Gasteiger partial charge in [0.05, 0.1) is 5.56 Å². The number of rotatable bonds is 3. The van der Waals surface area contributed by atoms with Crippen LogP contribution in [0.25, 0.3) is 0 Å². The zero-order valence-electron chi connectivity index (χ0n) is 9.66. The zero-order chi connectivity index (χ0) is 13.8. The Morgan fingerprint density at radius 2 is 2.05 bits per heavy atom. The highest BCUT2D eigenvalue weighted by Crippen LogP contribution is 2.17. The van der Waals surface area contributed by atoms with E-state index in [4.69, 9.17) is 0 Å². The van der Waals surface area contributed by atoms with Gasteiger partial charge in [-0.1, -0.05) is 15.9 Å². The minimum Gasteiger partial charge on any atom is -0.348 e. The van der Waals surface area contributed by atoms with Gasteiger partial charge in [-0.05, 0) is 35.9 Å². The number of nitrogens with zero attached hydrogens (tertiary/aromatic N) is 1. The van der Waals surface area contributed by atoms with Gasteiger partial charge in [0.25, 0.3) is 5.91 Å². The number of hydrogen-bond donors (Lipinski definition) is 1. The lowest BCUT2D eigenvalue weighted by molar-refractivity contribution is 0.0950. The molecule has 0 saturated carbocycles. The van der Waals surface area contributed by atoms with Gasteiger partial charge in [-0.2, -0.15) is 4.39 Å². The Bertz CT molecular complexity index is 602. The van der Waals surface area contributed by atoms with Crippen molar-refractivity contribution in [2.24, 2.45) is 0 Å². The highest BCUT2D eigenvalue weighted by Gasteiger charge is 2.08. The van der Waals surface area contributed by atoms with E-state index in [-0.39, 0.29) is 17.9 Å². The third-order valence-electron chi connectivity index (χ3n) is 2.44. The third-order valence-corrected chi connectivity index (χ3v) is 3.21. The van der Waals surface area contributed by atoms with Crippen LogP contribution < -0.4 is 5.32 Å². The van der Waals surface area contributed by atoms with Gasteiger partial charge < -0.3 is 5.32 Å². The Hall–Kier alpha value is -1.82. The van der Waals surface area contributed by atoms with E-state index in [9.17, 15) is 13.6 Å². The van der Waals surface area contributed by atoms with Gasteiger partial charge in [-0.3, -0.25) is 4.79 Å². The van der Waals surface area contributed by atoms with Crippen molar-refractivity contribution in [1.29, 1.82) is 0 Å². The van der Waals surface area contributed by atoms with Crippen molar-refractivity contribution in [3.8, 4) is 0 Å². The molecule has 1 N–H and O–H groups in total. The lowest BCUT2D eigenvalue weighted by atomic mass is 10.2. The molecule has 0 atom stereocenters. The van der Waals surface area contributed by atoms with Crippen molar-refractivity contribution in [3.05, 3.63) is 63.9 Å². The average Bonchev–Trinajstić information content (AvgIpc) is 2.40. The monoisotopic (exact) mass is 326 g/mol. The van der Waals surface area contributed by atoms with E-state index in [1.165, 1.54) is 18.2 Å². The Balaban J connectivity index is 2.04. The summed E-state index contributed by atoms with van der Waals surface area (Å²) in [5, 5.41) is 2.60. The summed E-state index contributed by atoms with van der Waals surface area (Å²) in [4.78, 5) is 15.1. The summed E-state index contributed by atoms with van der Waals surface area (Å²) in [5.41, 5.74) is 0.859. The molecule has 1 amide bonds. The van der Waals surface area contributed by atoms with Gasteiger partial charge in [-0.15, -0.1) is 0 Å². The zero-order valence-corrected chi connectivity index (χ0v) is 11.2. The van der Waals surface area contributed by atoms with E-state index < -0.39 is 11.9 Å². The number of nitrogens with one attached hydrogen (secondary N) is 1. The van der Waals surface area contributed by atoms with Crippen LogP contribution in [0.3, 0.4) is 0 Å². The lowest BCUT2D eigenvalue weighted by Crippen LogP contribution is -2.23. The van der Waals surface area contributed by atoms with Crippen LogP contribution >= 0.6 is 15.9 Å². The summed E-state index contributed by atoms with van der Waals surface area (Å²) in [5.74, 6) is -1.43. The molecular weight excluding hydrogens is 318 g/mol. The molecule has 0 unspecified atom stereocenters. The molecule has 0 aliphatic rings. The van der Waals surface area contributed by atoms with Crippen molar-refractivity contribution in [1.82, 2.24) is 10.3 Å². The van der Waals surface area contributed by atoms with Crippen molar-refractivity contribution >= 4 is 21.8 Å². The first-order valence-electron chi connectivity index (χ1n) is 5.40. The molecule has 6 heteroatoms. The van der Waals surface area contributed by atoms with Crippen LogP contribution in [0, 0.1) is 11.8 Å². The first kappa shape index (κ1) is 13.6. The second kappa shape index (κ2) is 5.88. The van der Waals surface area contributed by atoms with Gasteiger partial charge in [0, 0.05) is 17.2 Å². The molecule has 0 aliphatic heterocycles. The summed E-state index contributed by atoms with van der Waals surface area (Å²) < 4.78 is 26.4. The first-order valence-corrected chi connectivity index (χ1v) is 6.19. The molecule has 0 bridgehead atoms. The van der Waals surface area contributed by atoms with E-state index in [0.29, 0.717) is 10.0 Å². The van der Waals surface area contributed by atoms with Gasteiger partial charge in [0.1, 0.15) is 5.82 Å². The maximum atomic E-state index is 13.1. The highest BCUT2D eigenvalue weighted by molar-refractivity contribution is 9.10. The summed E-state index contributed by atoms with van der Waals surface area (Å²) in [7, 11) is 0. The maximum Gasteiger partial charge on any atom is 0.253 e. The quantitative estimate of drug-likeness (QED) is 0.881. The van der Waals surface area contributed by atoms with E-state index in [1.54, 1.807) is 6.07 Å². The maximum absolute atomic E-state index is 13.1. The Labute approximate surface area is 116 Å². The summed E-state index contributed by atoms with van der Waals surface area (Å²) >= 11 is 3.27. The van der Waals surface area contributed by atoms with Crippen LogP contribution in [0.15, 0.2) is 41.0 Å². The summed E-state index contributed by atoms with van der Waals surface area (Å²) in [6.07, 6.45) is 1.14. The normalized spacial score (nSPS) is 10.3. The lowest BCUT2D eigenvalue weighted by Gasteiger charge is -2.07. The number of aromatic nitrogens is 1. The number of carbonyl (C=O) groups excluding carboxylic acids is 1. The van der Waals surface area contributed by atoms with Gasteiger partial charge in [0.2, 0.25) is 5.95 Å². The second-order valence-corrected chi connectivity index (χ2v) is 4.64.